The first-order valence-corrected chi connectivity index (χ1v) is 9.41. The smallest absolute Gasteiger partial charge is 0.406 e. The molecule has 10 heteroatoms. The highest BCUT2D eigenvalue weighted by Crippen LogP contribution is 2.27. The Morgan fingerprint density at radius 3 is 2.59 bits per heavy atom. The van der Waals surface area contributed by atoms with E-state index >= 15 is 0 Å². The van der Waals surface area contributed by atoms with E-state index in [4.69, 9.17) is 4.74 Å². The van der Waals surface area contributed by atoms with Gasteiger partial charge >= 0.3 is 6.36 Å². The van der Waals surface area contributed by atoms with Crippen molar-refractivity contribution in [3.8, 4) is 5.75 Å². The molecule has 0 aliphatic carbocycles. The van der Waals surface area contributed by atoms with Crippen LogP contribution in [0.1, 0.15) is 10.4 Å². The van der Waals surface area contributed by atoms with Crippen LogP contribution in [-0.4, -0.2) is 44.2 Å². The first-order valence-electron chi connectivity index (χ1n) is 8.43. The summed E-state index contributed by atoms with van der Waals surface area (Å²) in [6, 6.07) is 11.6. The molecular formula is C19H19F3N2O4S. The Morgan fingerprint density at radius 2 is 1.86 bits per heavy atom. The molecular weight excluding hydrogens is 409 g/mol. The average molecular weight is 428 g/mol. The SMILES string of the molecule is COCCNC(=O)CSc1ccccc1C(=O)Nc1cccc(OC(F)(F)F)c1. The molecule has 0 bridgehead atoms. The first kappa shape index (κ1) is 22.6. The average Bonchev–Trinajstić information content (AvgIpc) is 2.65. The van der Waals surface area contributed by atoms with Crippen LogP contribution in [0.2, 0.25) is 0 Å². The number of nitrogens with one attached hydrogen (secondary N) is 2. The number of ether oxygens (including phenoxy) is 2. The lowest BCUT2D eigenvalue weighted by Crippen LogP contribution is -2.28. The molecule has 2 rings (SSSR count). The summed E-state index contributed by atoms with van der Waals surface area (Å²) < 4.78 is 45.7. The first-order chi connectivity index (χ1) is 13.8. The van der Waals surface area contributed by atoms with Crippen molar-refractivity contribution in [2.75, 3.05) is 31.3 Å². The molecule has 6 nitrogen and oxygen atoms in total. The van der Waals surface area contributed by atoms with E-state index in [0.29, 0.717) is 23.6 Å². The molecule has 0 fully saturated rings. The molecule has 2 amide bonds. The predicted molar refractivity (Wildman–Crippen MR) is 103 cm³/mol. The largest absolute Gasteiger partial charge is 0.573 e. The monoisotopic (exact) mass is 428 g/mol. The lowest BCUT2D eigenvalue weighted by atomic mass is 10.2. The van der Waals surface area contributed by atoms with Crippen LogP contribution in [-0.2, 0) is 9.53 Å². The van der Waals surface area contributed by atoms with Crippen molar-refractivity contribution < 1.29 is 32.2 Å². The van der Waals surface area contributed by atoms with Crippen LogP contribution in [0.3, 0.4) is 0 Å². The molecule has 0 aliphatic rings. The third-order valence-corrected chi connectivity index (χ3v) is 4.52. The normalized spacial score (nSPS) is 11.0. The fraction of sp³-hybridized carbons (Fsp3) is 0.263. The van der Waals surface area contributed by atoms with Crippen LogP contribution in [0.15, 0.2) is 53.4 Å². The fourth-order valence-corrected chi connectivity index (χ4v) is 3.12. The fourth-order valence-electron chi connectivity index (χ4n) is 2.24. The van der Waals surface area contributed by atoms with Gasteiger partial charge in [-0.3, -0.25) is 9.59 Å². The summed E-state index contributed by atoms with van der Waals surface area (Å²) in [6.07, 6.45) is -4.82. The molecule has 0 unspecified atom stereocenters. The number of amides is 2. The third kappa shape index (κ3) is 8.04. The van der Waals surface area contributed by atoms with Crippen molar-refractivity contribution in [2.24, 2.45) is 0 Å². The van der Waals surface area contributed by atoms with E-state index < -0.39 is 18.0 Å². The number of rotatable bonds is 9. The van der Waals surface area contributed by atoms with Gasteiger partial charge in [-0.2, -0.15) is 0 Å². The number of hydrogen-bond acceptors (Lipinski definition) is 5. The second kappa shape index (κ2) is 10.7. The van der Waals surface area contributed by atoms with Gasteiger partial charge in [-0.15, -0.1) is 24.9 Å². The highest BCUT2D eigenvalue weighted by atomic mass is 32.2. The van der Waals surface area contributed by atoms with E-state index in [2.05, 4.69) is 15.4 Å². The topological polar surface area (TPSA) is 76.7 Å². The number of thioether (sulfide) groups is 1. The maximum atomic E-state index is 12.6. The second-order valence-corrected chi connectivity index (χ2v) is 6.67. The van der Waals surface area contributed by atoms with Crippen molar-refractivity contribution >= 4 is 29.3 Å². The molecule has 0 heterocycles. The Bertz CT molecular complexity index is 846. The second-order valence-electron chi connectivity index (χ2n) is 5.66. The minimum atomic E-state index is -4.82. The standard InChI is InChI=1S/C19H19F3N2O4S/c1-27-10-9-23-17(25)12-29-16-8-3-2-7-15(16)18(26)24-13-5-4-6-14(11-13)28-19(20,21)22/h2-8,11H,9-10,12H2,1H3,(H,23,25)(H,24,26). The molecule has 0 saturated heterocycles. The van der Waals surface area contributed by atoms with Gasteiger partial charge in [0.1, 0.15) is 5.75 Å². The summed E-state index contributed by atoms with van der Waals surface area (Å²) in [6.45, 7) is 0.779. The maximum absolute atomic E-state index is 12.6. The number of alkyl halides is 3. The third-order valence-electron chi connectivity index (χ3n) is 3.44. The number of methoxy groups -OCH3 is 1. The Morgan fingerprint density at radius 1 is 1.10 bits per heavy atom. The van der Waals surface area contributed by atoms with E-state index in [9.17, 15) is 22.8 Å². The maximum Gasteiger partial charge on any atom is 0.573 e. The molecule has 0 aromatic heterocycles. The minimum Gasteiger partial charge on any atom is -0.406 e. The number of carbonyl (C=O) groups is 2. The molecule has 0 spiro atoms. The van der Waals surface area contributed by atoms with Gasteiger partial charge in [0.15, 0.2) is 0 Å². The highest BCUT2D eigenvalue weighted by Gasteiger charge is 2.31. The molecule has 0 aliphatic heterocycles. The zero-order chi connectivity index (χ0) is 21.3. The van der Waals surface area contributed by atoms with Crippen molar-refractivity contribution in [1.29, 1.82) is 0 Å². The summed E-state index contributed by atoms with van der Waals surface area (Å²) in [4.78, 5) is 25.0. The Labute approximate surface area is 169 Å². The van der Waals surface area contributed by atoms with Crippen molar-refractivity contribution in [2.45, 2.75) is 11.3 Å². The summed E-state index contributed by atoms with van der Waals surface area (Å²) in [5, 5.41) is 5.21. The summed E-state index contributed by atoms with van der Waals surface area (Å²) in [5.41, 5.74) is 0.443. The van der Waals surface area contributed by atoms with Crippen LogP contribution in [0.5, 0.6) is 5.75 Å². The summed E-state index contributed by atoms with van der Waals surface area (Å²) >= 11 is 1.18. The van der Waals surface area contributed by atoms with E-state index in [1.165, 1.54) is 31.0 Å². The summed E-state index contributed by atoms with van der Waals surface area (Å²) in [5.74, 6) is -1.06. The van der Waals surface area contributed by atoms with E-state index in [0.717, 1.165) is 12.1 Å². The zero-order valence-electron chi connectivity index (χ0n) is 15.4. The van der Waals surface area contributed by atoms with Gasteiger partial charge in [0.05, 0.1) is 17.9 Å². The molecule has 0 radical (unpaired) electrons. The van der Waals surface area contributed by atoms with Gasteiger partial charge in [0, 0.05) is 30.3 Å². The Balaban J connectivity index is 2.03. The lowest BCUT2D eigenvalue weighted by molar-refractivity contribution is -0.274. The van der Waals surface area contributed by atoms with Gasteiger partial charge in [0.25, 0.3) is 5.91 Å². The van der Waals surface area contributed by atoms with Crippen LogP contribution in [0.25, 0.3) is 0 Å². The molecule has 29 heavy (non-hydrogen) atoms. The number of hydrogen-bond donors (Lipinski definition) is 2. The number of anilines is 1. The van der Waals surface area contributed by atoms with Gasteiger partial charge in [-0.1, -0.05) is 18.2 Å². The Kier molecular flexibility index (Phi) is 8.34. The number of benzene rings is 2. The molecule has 2 N–H and O–H groups in total. The van der Waals surface area contributed by atoms with Crippen LogP contribution >= 0.6 is 11.8 Å². The quantitative estimate of drug-likeness (QED) is 0.471. The predicted octanol–water partition coefficient (Wildman–Crippen LogP) is 3.69. The molecule has 0 atom stereocenters. The zero-order valence-corrected chi connectivity index (χ0v) is 16.2. The molecule has 2 aromatic carbocycles. The van der Waals surface area contributed by atoms with E-state index in [1.807, 2.05) is 0 Å². The van der Waals surface area contributed by atoms with Crippen LogP contribution < -0.4 is 15.4 Å². The molecule has 156 valence electrons. The minimum absolute atomic E-state index is 0.100. The summed E-state index contributed by atoms with van der Waals surface area (Å²) in [7, 11) is 1.53. The van der Waals surface area contributed by atoms with Crippen molar-refractivity contribution in [3.63, 3.8) is 0 Å². The molecule has 2 aromatic rings. The van der Waals surface area contributed by atoms with Crippen molar-refractivity contribution in [3.05, 3.63) is 54.1 Å². The van der Waals surface area contributed by atoms with Crippen LogP contribution in [0, 0.1) is 0 Å². The number of carbonyl (C=O) groups excluding carboxylic acids is 2. The van der Waals surface area contributed by atoms with Gasteiger partial charge in [-0.05, 0) is 24.3 Å². The number of halogens is 3. The lowest BCUT2D eigenvalue weighted by Gasteiger charge is -2.12. The Hall–Kier alpha value is -2.72. The van der Waals surface area contributed by atoms with Gasteiger partial charge < -0.3 is 20.1 Å². The van der Waals surface area contributed by atoms with Gasteiger partial charge in [0.2, 0.25) is 5.91 Å². The van der Waals surface area contributed by atoms with E-state index in [-0.39, 0.29) is 17.3 Å². The highest BCUT2D eigenvalue weighted by molar-refractivity contribution is 8.00. The van der Waals surface area contributed by atoms with E-state index in [1.54, 1.807) is 24.3 Å². The molecule has 0 saturated carbocycles. The van der Waals surface area contributed by atoms with Crippen LogP contribution in [0.4, 0.5) is 18.9 Å². The van der Waals surface area contributed by atoms with Gasteiger partial charge in [-0.25, -0.2) is 0 Å². The van der Waals surface area contributed by atoms with Crippen molar-refractivity contribution in [1.82, 2.24) is 5.32 Å².